The van der Waals surface area contributed by atoms with E-state index in [2.05, 4.69) is 0 Å². The van der Waals surface area contributed by atoms with E-state index < -0.39 is 39.0 Å². The van der Waals surface area contributed by atoms with E-state index in [1.54, 1.807) is 0 Å². The quantitative estimate of drug-likeness (QED) is 0.851. The summed E-state index contributed by atoms with van der Waals surface area (Å²) >= 11 is 0. The second-order valence-corrected chi connectivity index (χ2v) is 8.99. The number of carboxylic acids is 1. The smallest absolute Gasteiger partial charge is 0.311 e. The van der Waals surface area contributed by atoms with Gasteiger partial charge in [0.15, 0.2) is 0 Å². The van der Waals surface area contributed by atoms with Gasteiger partial charge in [-0.1, -0.05) is 6.42 Å². The summed E-state index contributed by atoms with van der Waals surface area (Å²) in [5.74, 6) is -5.78. The number of sulfonamides is 1. The van der Waals surface area contributed by atoms with Gasteiger partial charge in [0, 0.05) is 25.4 Å². The first-order chi connectivity index (χ1) is 10.2. The molecule has 1 aliphatic heterocycles. The predicted molar refractivity (Wildman–Crippen MR) is 75.1 cm³/mol. The summed E-state index contributed by atoms with van der Waals surface area (Å²) in [6, 6.07) is 0. The highest BCUT2D eigenvalue weighted by Gasteiger charge is 2.57. The van der Waals surface area contributed by atoms with Gasteiger partial charge in [0.25, 0.3) is 5.92 Å². The number of aliphatic carboxylic acids is 1. The zero-order valence-electron chi connectivity index (χ0n) is 12.3. The second kappa shape index (κ2) is 5.12. The van der Waals surface area contributed by atoms with Gasteiger partial charge in [-0.25, -0.2) is 21.5 Å². The van der Waals surface area contributed by atoms with Crippen LogP contribution in [-0.4, -0.2) is 48.6 Å². The highest BCUT2D eigenvalue weighted by Crippen LogP contribution is 2.50. The molecule has 0 amide bonds. The third kappa shape index (κ3) is 2.44. The Balaban J connectivity index is 1.76. The number of carboxylic acid groups (broad SMARTS) is 1. The third-order valence-corrected chi connectivity index (χ3v) is 7.62. The van der Waals surface area contributed by atoms with Crippen LogP contribution in [-0.2, 0) is 14.8 Å². The van der Waals surface area contributed by atoms with Gasteiger partial charge in [-0.15, -0.1) is 0 Å². The minimum atomic E-state index is -3.84. The Bertz CT molecular complexity index is 579. The van der Waals surface area contributed by atoms with Crippen molar-refractivity contribution in [2.75, 3.05) is 18.8 Å². The van der Waals surface area contributed by atoms with Crippen LogP contribution >= 0.6 is 0 Å². The highest BCUT2D eigenvalue weighted by molar-refractivity contribution is 7.89. The van der Waals surface area contributed by atoms with E-state index in [-0.39, 0.29) is 31.8 Å². The van der Waals surface area contributed by atoms with E-state index in [1.165, 1.54) is 0 Å². The van der Waals surface area contributed by atoms with Crippen LogP contribution in [0.25, 0.3) is 0 Å². The van der Waals surface area contributed by atoms with Crippen molar-refractivity contribution in [1.82, 2.24) is 4.31 Å². The molecule has 0 aromatic rings. The number of halogens is 2. The Kier molecular flexibility index (Phi) is 3.75. The summed E-state index contributed by atoms with van der Waals surface area (Å²) in [6.45, 7) is 0.0978. The van der Waals surface area contributed by atoms with Gasteiger partial charge in [0.1, 0.15) is 0 Å². The van der Waals surface area contributed by atoms with Crippen molar-refractivity contribution in [2.45, 2.75) is 44.4 Å². The van der Waals surface area contributed by atoms with Crippen LogP contribution in [0.3, 0.4) is 0 Å². The van der Waals surface area contributed by atoms with Crippen molar-refractivity contribution in [1.29, 1.82) is 0 Å². The predicted octanol–water partition coefficient (Wildman–Crippen LogP) is 1.94. The molecule has 0 bridgehead atoms. The fourth-order valence-electron chi connectivity index (χ4n) is 4.37. The summed E-state index contributed by atoms with van der Waals surface area (Å²) in [5.41, 5.74) is -1.01. The molecule has 1 saturated heterocycles. The minimum absolute atomic E-state index is 0.0619. The number of alkyl halides is 2. The van der Waals surface area contributed by atoms with Crippen LogP contribution in [0.5, 0.6) is 0 Å². The van der Waals surface area contributed by atoms with Gasteiger partial charge >= 0.3 is 5.97 Å². The Labute approximate surface area is 128 Å². The maximum Gasteiger partial charge on any atom is 0.311 e. The number of fused-ring (bicyclic) bond motifs is 1. The Morgan fingerprint density at radius 2 is 1.91 bits per heavy atom. The number of hydrogen-bond acceptors (Lipinski definition) is 3. The lowest BCUT2D eigenvalue weighted by molar-refractivity contribution is -0.149. The van der Waals surface area contributed by atoms with E-state index in [0.29, 0.717) is 19.3 Å². The molecule has 0 aromatic carbocycles. The van der Waals surface area contributed by atoms with Crippen molar-refractivity contribution in [3.05, 3.63) is 0 Å². The fourth-order valence-corrected chi connectivity index (χ4v) is 6.33. The van der Waals surface area contributed by atoms with Gasteiger partial charge in [0.05, 0.1) is 11.2 Å². The van der Waals surface area contributed by atoms with Crippen LogP contribution in [0, 0.1) is 17.3 Å². The van der Waals surface area contributed by atoms with E-state index in [0.717, 1.165) is 10.7 Å². The SMILES string of the molecule is O=C(O)[C@@]12CCC[C@H]1CN(S(=O)(=O)CC1CCCC1(F)F)C2. The molecule has 3 atom stereocenters. The van der Waals surface area contributed by atoms with Crippen LogP contribution in [0.1, 0.15) is 38.5 Å². The molecule has 1 N–H and O–H groups in total. The van der Waals surface area contributed by atoms with Crippen molar-refractivity contribution in [2.24, 2.45) is 17.3 Å². The molecule has 3 rings (SSSR count). The molecule has 5 nitrogen and oxygen atoms in total. The summed E-state index contributed by atoms with van der Waals surface area (Å²) in [7, 11) is -3.84. The summed E-state index contributed by atoms with van der Waals surface area (Å²) in [4.78, 5) is 11.6. The van der Waals surface area contributed by atoms with Crippen LogP contribution in [0.15, 0.2) is 0 Å². The summed E-state index contributed by atoms with van der Waals surface area (Å²) < 4.78 is 53.5. The molecule has 0 spiro atoms. The van der Waals surface area contributed by atoms with Gasteiger partial charge in [0.2, 0.25) is 10.0 Å². The maximum absolute atomic E-state index is 13.7. The topological polar surface area (TPSA) is 74.7 Å². The largest absolute Gasteiger partial charge is 0.481 e. The van der Waals surface area contributed by atoms with E-state index in [9.17, 15) is 27.1 Å². The lowest BCUT2D eigenvalue weighted by atomic mass is 9.81. The first kappa shape index (κ1) is 16.1. The van der Waals surface area contributed by atoms with Crippen molar-refractivity contribution in [3.8, 4) is 0 Å². The van der Waals surface area contributed by atoms with E-state index in [1.807, 2.05) is 0 Å². The molecule has 126 valence electrons. The maximum atomic E-state index is 13.7. The molecule has 1 heterocycles. The minimum Gasteiger partial charge on any atom is -0.481 e. The van der Waals surface area contributed by atoms with Gasteiger partial charge in [-0.3, -0.25) is 4.79 Å². The standard InChI is InChI=1S/C14H21F2NO4S/c15-14(16)6-2-4-11(14)8-22(20,21)17-7-10-3-1-5-13(10,9-17)12(18)19/h10-11H,1-9H2,(H,18,19)/t10-,11?,13+/m0/s1. The fraction of sp³-hybridized carbons (Fsp3) is 0.929. The monoisotopic (exact) mass is 337 g/mol. The van der Waals surface area contributed by atoms with Gasteiger partial charge in [-0.05, 0) is 31.6 Å². The van der Waals surface area contributed by atoms with E-state index >= 15 is 0 Å². The average molecular weight is 337 g/mol. The van der Waals surface area contributed by atoms with Crippen molar-refractivity contribution in [3.63, 3.8) is 0 Å². The molecule has 22 heavy (non-hydrogen) atoms. The first-order valence-electron chi connectivity index (χ1n) is 7.76. The Morgan fingerprint density at radius 3 is 2.45 bits per heavy atom. The number of nitrogens with zero attached hydrogens (tertiary/aromatic N) is 1. The molecular weight excluding hydrogens is 316 g/mol. The Hall–Kier alpha value is -0.760. The molecule has 0 aromatic heterocycles. The Morgan fingerprint density at radius 1 is 1.23 bits per heavy atom. The summed E-state index contributed by atoms with van der Waals surface area (Å²) in [5, 5.41) is 9.48. The highest BCUT2D eigenvalue weighted by atomic mass is 32.2. The molecule has 0 radical (unpaired) electrons. The lowest BCUT2D eigenvalue weighted by Crippen LogP contribution is -2.40. The van der Waals surface area contributed by atoms with Crippen LogP contribution < -0.4 is 0 Å². The van der Waals surface area contributed by atoms with Crippen molar-refractivity contribution < 1.29 is 27.1 Å². The molecule has 3 fully saturated rings. The van der Waals surface area contributed by atoms with E-state index in [4.69, 9.17) is 0 Å². The third-order valence-electron chi connectivity index (χ3n) is 5.73. The van der Waals surface area contributed by atoms with Crippen LogP contribution in [0.2, 0.25) is 0 Å². The zero-order valence-corrected chi connectivity index (χ0v) is 13.1. The average Bonchev–Trinajstić information content (AvgIpc) is 3.02. The van der Waals surface area contributed by atoms with Gasteiger partial charge in [-0.2, -0.15) is 0 Å². The number of hydrogen-bond donors (Lipinski definition) is 1. The zero-order chi connectivity index (χ0) is 16.2. The molecule has 1 unspecified atom stereocenters. The second-order valence-electron chi connectivity index (χ2n) is 6.97. The first-order valence-corrected chi connectivity index (χ1v) is 9.37. The molecule has 2 saturated carbocycles. The normalized spacial score (nSPS) is 38.3. The molecule has 3 aliphatic rings. The lowest BCUT2D eigenvalue weighted by Gasteiger charge is -2.25. The van der Waals surface area contributed by atoms with Gasteiger partial charge < -0.3 is 5.11 Å². The summed E-state index contributed by atoms with van der Waals surface area (Å²) in [6.07, 6.45) is 2.25. The number of carbonyl (C=O) groups is 1. The molecule has 8 heteroatoms. The molecule has 2 aliphatic carbocycles. The van der Waals surface area contributed by atoms with Crippen LogP contribution in [0.4, 0.5) is 8.78 Å². The molecular formula is C14H21F2NO4S. The van der Waals surface area contributed by atoms with Crippen molar-refractivity contribution >= 4 is 16.0 Å². The number of rotatable bonds is 4.